The maximum atomic E-state index is 14.3. The largest absolute Gasteiger partial charge is 0.494 e. The Morgan fingerprint density at radius 2 is 1.88 bits per heavy atom. The number of fused-ring (bicyclic) bond motifs is 1. The van der Waals surface area contributed by atoms with Crippen LogP contribution < -0.4 is 10.1 Å². The number of carbonyl (C=O) groups is 1. The summed E-state index contributed by atoms with van der Waals surface area (Å²) in [6.07, 6.45) is 5.13. The van der Waals surface area contributed by atoms with Crippen LogP contribution in [0.5, 0.6) is 5.75 Å². The lowest BCUT2D eigenvalue weighted by Gasteiger charge is -2.36. The van der Waals surface area contributed by atoms with Crippen molar-refractivity contribution in [1.82, 2.24) is 24.2 Å². The van der Waals surface area contributed by atoms with Crippen molar-refractivity contribution in [2.45, 2.75) is 0 Å². The third-order valence-electron chi connectivity index (χ3n) is 7.08. The Kier molecular flexibility index (Phi) is 8.07. The Hall–Kier alpha value is -3.54. The van der Waals surface area contributed by atoms with Crippen molar-refractivity contribution in [2.75, 3.05) is 72.8 Å². The number of aromatic nitrogens is 3. The Balaban J connectivity index is 1.28. The fraction of sp³-hybridized carbons (Fsp3) is 0.345. The van der Waals surface area contributed by atoms with E-state index in [1.807, 2.05) is 27.5 Å². The predicted molar refractivity (Wildman–Crippen MR) is 158 cm³/mol. The van der Waals surface area contributed by atoms with Gasteiger partial charge in [-0.05, 0) is 52.3 Å². The number of nitrogens with zero attached hydrogens (tertiary/aromatic N) is 6. The molecule has 0 atom stereocenters. The maximum Gasteiger partial charge on any atom is 0.255 e. The molecule has 0 bridgehead atoms. The minimum absolute atomic E-state index is 0.0227. The molecule has 1 N–H and O–H groups in total. The zero-order valence-corrected chi connectivity index (χ0v) is 24.8. The second-order valence-electron chi connectivity index (χ2n) is 10.9. The molecule has 1 saturated heterocycles. The van der Waals surface area contributed by atoms with E-state index in [0.717, 1.165) is 42.0 Å². The zero-order chi connectivity index (χ0) is 28.4. The number of anilines is 2. The van der Waals surface area contributed by atoms with Gasteiger partial charge in [0.05, 0.1) is 52.3 Å². The fourth-order valence-electron chi connectivity index (χ4n) is 4.74. The van der Waals surface area contributed by atoms with E-state index >= 15 is 0 Å². The number of carbonyl (C=O) groups excluding carboxylic acids is 1. The number of rotatable bonds is 8. The third-order valence-corrected chi connectivity index (χ3v) is 7.74. The van der Waals surface area contributed by atoms with Crippen LogP contribution in [0.1, 0.15) is 10.4 Å². The van der Waals surface area contributed by atoms with Gasteiger partial charge in [0.2, 0.25) is 0 Å². The smallest absolute Gasteiger partial charge is 0.255 e. The van der Waals surface area contributed by atoms with E-state index in [4.69, 9.17) is 4.74 Å². The number of amides is 1. The number of halogens is 2. The van der Waals surface area contributed by atoms with Crippen LogP contribution in [0.2, 0.25) is 0 Å². The number of methoxy groups -OCH3 is 1. The van der Waals surface area contributed by atoms with E-state index in [2.05, 4.69) is 57.3 Å². The lowest BCUT2D eigenvalue weighted by Crippen LogP contribution is -2.51. The molecular formula is C29H34BrFN7O2+. The van der Waals surface area contributed by atoms with Crippen LogP contribution >= 0.6 is 15.9 Å². The molecule has 1 aliphatic rings. The van der Waals surface area contributed by atoms with Gasteiger partial charge in [0, 0.05) is 60.8 Å². The van der Waals surface area contributed by atoms with Crippen LogP contribution in [0.3, 0.4) is 0 Å². The van der Waals surface area contributed by atoms with Crippen molar-refractivity contribution in [2.24, 2.45) is 0 Å². The van der Waals surface area contributed by atoms with Crippen LogP contribution in [-0.2, 0) is 0 Å². The molecule has 1 fully saturated rings. The van der Waals surface area contributed by atoms with Gasteiger partial charge in [0.1, 0.15) is 0 Å². The summed E-state index contributed by atoms with van der Waals surface area (Å²) in [5, 5.41) is 3.31. The molecule has 210 valence electrons. The topological polar surface area (TPSA) is 75.0 Å². The van der Waals surface area contributed by atoms with Crippen molar-refractivity contribution in [3.8, 4) is 17.0 Å². The first-order valence-electron chi connectivity index (χ1n) is 13.2. The highest BCUT2D eigenvalue weighted by Gasteiger charge is 2.24. The minimum Gasteiger partial charge on any atom is -0.494 e. The van der Waals surface area contributed by atoms with Crippen molar-refractivity contribution < 1.29 is 18.4 Å². The lowest BCUT2D eigenvalue weighted by molar-refractivity contribution is -0.869. The highest BCUT2D eigenvalue weighted by molar-refractivity contribution is 9.10. The number of hydrogen-bond acceptors (Lipinski definition) is 6. The summed E-state index contributed by atoms with van der Waals surface area (Å²) in [5.74, 6) is 0.309. The van der Waals surface area contributed by atoms with Crippen LogP contribution in [-0.4, -0.2) is 102 Å². The minimum atomic E-state index is -0.441. The number of quaternary nitrogens is 1. The van der Waals surface area contributed by atoms with Crippen LogP contribution in [0.25, 0.3) is 16.9 Å². The molecular weight excluding hydrogens is 577 g/mol. The average molecular weight is 612 g/mol. The van der Waals surface area contributed by atoms with Crippen LogP contribution in [0.4, 0.5) is 15.9 Å². The molecule has 40 heavy (non-hydrogen) atoms. The van der Waals surface area contributed by atoms with E-state index in [-0.39, 0.29) is 11.7 Å². The fourth-order valence-corrected chi connectivity index (χ4v) is 5.28. The summed E-state index contributed by atoms with van der Waals surface area (Å²) >= 11 is 3.60. The van der Waals surface area contributed by atoms with Crippen molar-refractivity contribution in [3.63, 3.8) is 0 Å². The van der Waals surface area contributed by atoms with Gasteiger partial charge < -0.3 is 19.4 Å². The number of piperazine rings is 1. The summed E-state index contributed by atoms with van der Waals surface area (Å²) in [5.41, 5.74) is 3.37. The van der Waals surface area contributed by atoms with Gasteiger partial charge in [-0.1, -0.05) is 0 Å². The van der Waals surface area contributed by atoms with Crippen molar-refractivity contribution in [1.29, 1.82) is 0 Å². The second-order valence-corrected chi connectivity index (χ2v) is 11.8. The van der Waals surface area contributed by atoms with Crippen molar-refractivity contribution in [3.05, 3.63) is 70.8 Å². The van der Waals surface area contributed by atoms with E-state index in [1.165, 1.54) is 13.2 Å². The van der Waals surface area contributed by atoms with E-state index < -0.39 is 5.82 Å². The zero-order valence-electron chi connectivity index (χ0n) is 23.2. The summed E-state index contributed by atoms with van der Waals surface area (Å²) in [6.45, 7) is 5.31. The Labute approximate surface area is 241 Å². The summed E-state index contributed by atoms with van der Waals surface area (Å²) < 4.78 is 22.9. The van der Waals surface area contributed by atoms with Crippen LogP contribution in [0, 0.1) is 5.82 Å². The molecule has 9 nitrogen and oxygen atoms in total. The number of hydrogen-bond donors (Lipinski definition) is 1. The van der Waals surface area contributed by atoms with Gasteiger partial charge in [0.15, 0.2) is 23.0 Å². The molecule has 2 aromatic carbocycles. The summed E-state index contributed by atoms with van der Waals surface area (Å²) in [6, 6.07) is 10.4. The van der Waals surface area contributed by atoms with Crippen LogP contribution in [0.15, 0.2) is 59.5 Å². The van der Waals surface area contributed by atoms with Gasteiger partial charge in [0.25, 0.3) is 5.91 Å². The molecule has 11 heteroatoms. The Morgan fingerprint density at radius 3 is 2.55 bits per heavy atom. The first kappa shape index (κ1) is 28.0. The first-order chi connectivity index (χ1) is 19.1. The third kappa shape index (κ3) is 6.11. The van der Waals surface area contributed by atoms with E-state index in [0.29, 0.717) is 40.2 Å². The van der Waals surface area contributed by atoms with Gasteiger partial charge in [-0.2, -0.15) is 0 Å². The highest BCUT2D eigenvalue weighted by Crippen LogP contribution is 2.30. The summed E-state index contributed by atoms with van der Waals surface area (Å²) in [4.78, 5) is 26.6. The van der Waals surface area contributed by atoms with Gasteiger partial charge in [-0.15, -0.1) is 0 Å². The molecule has 5 rings (SSSR count). The SMILES string of the molecule is COc1ccc(-c2cnc3c(Nc4ccc(C(=O)N5CCN(CC[N+](C)(C)C)CC5)c(Br)c4)nccn23)cc1F. The molecule has 1 aliphatic heterocycles. The molecule has 0 spiro atoms. The molecule has 0 radical (unpaired) electrons. The van der Waals surface area contributed by atoms with Gasteiger partial charge >= 0.3 is 0 Å². The Morgan fingerprint density at radius 1 is 1.10 bits per heavy atom. The number of benzene rings is 2. The number of nitrogens with one attached hydrogen (secondary N) is 1. The standard InChI is InChI=1S/C29H33BrFN7O2/c1-38(2,3)16-15-35-11-13-36(14-12-35)29(39)22-7-6-21(18-23(22)30)34-27-28-33-19-25(37(28)10-9-32-27)20-5-8-26(40-4)24(31)17-20/h5-10,17-19H,11-16H2,1-4H3/p+1. The number of ether oxygens (including phenoxy) is 1. The molecule has 0 unspecified atom stereocenters. The number of likely N-dealkylation sites (N-methyl/N-ethyl adjacent to an activating group) is 1. The Bertz CT molecular complexity index is 1530. The second kappa shape index (κ2) is 11.5. The molecule has 3 heterocycles. The predicted octanol–water partition coefficient (Wildman–Crippen LogP) is 4.51. The van der Waals surface area contributed by atoms with Gasteiger partial charge in [-0.25, -0.2) is 14.4 Å². The average Bonchev–Trinajstić information content (AvgIpc) is 3.37. The molecule has 2 aromatic heterocycles. The maximum absolute atomic E-state index is 14.3. The molecule has 4 aromatic rings. The highest BCUT2D eigenvalue weighted by atomic mass is 79.9. The van der Waals surface area contributed by atoms with E-state index in [1.54, 1.807) is 30.7 Å². The monoisotopic (exact) mass is 610 g/mol. The molecule has 0 saturated carbocycles. The molecule has 0 aliphatic carbocycles. The van der Waals surface area contributed by atoms with E-state index in [9.17, 15) is 9.18 Å². The van der Waals surface area contributed by atoms with Crippen molar-refractivity contribution >= 4 is 39.0 Å². The normalized spacial score (nSPS) is 14.5. The van der Waals surface area contributed by atoms with Gasteiger partial charge in [-0.3, -0.25) is 14.1 Å². The molecule has 1 amide bonds. The lowest BCUT2D eigenvalue weighted by atomic mass is 10.1. The quantitative estimate of drug-likeness (QED) is 0.296. The number of imidazole rings is 1. The summed E-state index contributed by atoms with van der Waals surface area (Å²) in [7, 11) is 8.03. The first-order valence-corrected chi connectivity index (χ1v) is 14.0.